The van der Waals surface area contributed by atoms with Gasteiger partial charge in [-0.2, -0.15) is 0 Å². The molecule has 0 aromatic heterocycles. The summed E-state index contributed by atoms with van der Waals surface area (Å²) >= 11 is 0. The van der Waals surface area contributed by atoms with Gasteiger partial charge in [0.1, 0.15) is 5.75 Å². The zero-order valence-electron chi connectivity index (χ0n) is 13.3. The lowest BCUT2D eigenvalue weighted by atomic mass is 9.93. The van der Waals surface area contributed by atoms with Crippen LogP contribution in [0, 0.1) is 0 Å². The highest BCUT2D eigenvalue weighted by Gasteiger charge is 2.13. The molecule has 1 atom stereocenters. The van der Waals surface area contributed by atoms with Crippen LogP contribution in [0.5, 0.6) is 5.75 Å². The van der Waals surface area contributed by atoms with Gasteiger partial charge in [0.25, 0.3) is 0 Å². The second-order valence-corrected chi connectivity index (χ2v) is 5.54. The summed E-state index contributed by atoms with van der Waals surface area (Å²) in [6, 6.07) is 12.4. The van der Waals surface area contributed by atoms with Crippen molar-refractivity contribution in [3.05, 3.63) is 70.8 Å². The fraction of sp³-hybridized carbons (Fsp3) is 0.200. The van der Waals surface area contributed by atoms with Crippen molar-refractivity contribution in [2.75, 3.05) is 0 Å². The van der Waals surface area contributed by atoms with E-state index >= 15 is 0 Å². The first-order chi connectivity index (χ1) is 11.1. The summed E-state index contributed by atoms with van der Waals surface area (Å²) in [5.41, 5.74) is 2.31. The minimum absolute atomic E-state index is 0.0286. The molecule has 1 N–H and O–H groups in total. The molecule has 2 aromatic carbocycles. The molecule has 0 aliphatic heterocycles. The molecule has 3 heteroatoms. The molecule has 0 saturated carbocycles. The highest BCUT2D eigenvalue weighted by molar-refractivity contribution is 6.06. The van der Waals surface area contributed by atoms with Crippen LogP contribution in [0.2, 0.25) is 0 Å². The van der Waals surface area contributed by atoms with E-state index in [2.05, 4.69) is 0 Å². The lowest BCUT2D eigenvalue weighted by Crippen LogP contribution is -1.97. The SMILES string of the molecule is CCC(C)c1cc(C=CC(=O)c2ccccc2)cc(C=O)c1O. The van der Waals surface area contributed by atoms with Crippen LogP contribution in [0.15, 0.2) is 48.5 Å². The van der Waals surface area contributed by atoms with Crippen molar-refractivity contribution in [1.82, 2.24) is 0 Å². The van der Waals surface area contributed by atoms with Gasteiger partial charge in [0, 0.05) is 5.56 Å². The lowest BCUT2D eigenvalue weighted by molar-refractivity contribution is 0.104. The average Bonchev–Trinajstić information content (AvgIpc) is 2.60. The van der Waals surface area contributed by atoms with Gasteiger partial charge in [-0.3, -0.25) is 9.59 Å². The number of hydrogen-bond acceptors (Lipinski definition) is 3. The van der Waals surface area contributed by atoms with Crippen LogP contribution in [0.4, 0.5) is 0 Å². The number of aromatic hydroxyl groups is 1. The summed E-state index contributed by atoms with van der Waals surface area (Å²) in [6.07, 6.45) is 4.64. The molecule has 0 fully saturated rings. The van der Waals surface area contributed by atoms with Crippen LogP contribution in [0.3, 0.4) is 0 Å². The van der Waals surface area contributed by atoms with Crippen molar-refractivity contribution in [3.63, 3.8) is 0 Å². The standard InChI is InChI=1S/C20H20O3/c1-3-14(2)18-12-15(11-17(13-21)20(18)23)9-10-19(22)16-7-5-4-6-8-16/h4-14,23H,3H2,1-2H3. The first-order valence-electron chi connectivity index (χ1n) is 7.66. The largest absolute Gasteiger partial charge is 0.507 e. The number of hydrogen-bond donors (Lipinski definition) is 1. The summed E-state index contributed by atoms with van der Waals surface area (Å²) in [4.78, 5) is 23.3. The van der Waals surface area contributed by atoms with Crippen molar-refractivity contribution in [2.45, 2.75) is 26.2 Å². The Morgan fingerprint density at radius 2 is 1.91 bits per heavy atom. The Kier molecular flexibility index (Phi) is 5.47. The number of phenols is 1. The monoisotopic (exact) mass is 308 g/mol. The molecule has 3 nitrogen and oxygen atoms in total. The van der Waals surface area contributed by atoms with Crippen LogP contribution in [0.1, 0.15) is 58.0 Å². The van der Waals surface area contributed by atoms with Gasteiger partial charge in [0.05, 0.1) is 5.56 Å². The number of benzene rings is 2. The second kappa shape index (κ2) is 7.54. The predicted octanol–water partition coefficient (Wildman–Crippen LogP) is 4.61. The zero-order valence-corrected chi connectivity index (χ0v) is 13.3. The minimum Gasteiger partial charge on any atom is -0.507 e. The van der Waals surface area contributed by atoms with Gasteiger partial charge in [-0.05, 0) is 41.7 Å². The zero-order chi connectivity index (χ0) is 16.8. The Morgan fingerprint density at radius 1 is 1.22 bits per heavy atom. The summed E-state index contributed by atoms with van der Waals surface area (Å²) in [5.74, 6) is 0.0594. The number of aldehydes is 1. The molecule has 0 aliphatic rings. The van der Waals surface area contributed by atoms with Crippen molar-refractivity contribution in [1.29, 1.82) is 0 Å². The third kappa shape index (κ3) is 3.95. The summed E-state index contributed by atoms with van der Waals surface area (Å²) in [7, 11) is 0. The predicted molar refractivity (Wildman–Crippen MR) is 92.0 cm³/mol. The molecule has 0 radical (unpaired) electrons. The molecule has 1 unspecified atom stereocenters. The fourth-order valence-electron chi connectivity index (χ4n) is 2.36. The van der Waals surface area contributed by atoms with Crippen molar-refractivity contribution in [2.24, 2.45) is 0 Å². The van der Waals surface area contributed by atoms with E-state index in [1.54, 1.807) is 24.3 Å². The maximum atomic E-state index is 12.1. The number of rotatable bonds is 6. The topological polar surface area (TPSA) is 54.4 Å². The maximum absolute atomic E-state index is 12.1. The summed E-state index contributed by atoms with van der Waals surface area (Å²) < 4.78 is 0. The molecule has 118 valence electrons. The molecular weight excluding hydrogens is 288 g/mol. The Hall–Kier alpha value is -2.68. The second-order valence-electron chi connectivity index (χ2n) is 5.54. The normalized spacial score (nSPS) is 12.3. The van der Waals surface area contributed by atoms with E-state index in [0.717, 1.165) is 17.5 Å². The molecule has 23 heavy (non-hydrogen) atoms. The molecule has 2 rings (SSSR count). The molecular formula is C20H20O3. The summed E-state index contributed by atoms with van der Waals surface area (Å²) in [5, 5.41) is 10.1. The van der Waals surface area contributed by atoms with Crippen molar-refractivity contribution in [3.8, 4) is 5.75 Å². The quantitative estimate of drug-likeness (QED) is 0.481. The lowest BCUT2D eigenvalue weighted by Gasteiger charge is -2.13. The molecule has 0 spiro atoms. The van der Waals surface area contributed by atoms with Gasteiger partial charge in [0.15, 0.2) is 12.1 Å². The Balaban J connectivity index is 2.34. The number of ketones is 1. The van der Waals surface area contributed by atoms with E-state index in [4.69, 9.17) is 0 Å². The van der Waals surface area contributed by atoms with Crippen LogP contribution < -0.4 is 0 Å². The van der Waals surface area contributed by atoms with E-state index in [1.165, 1.54) is 6.08 Å². The van der Waals surface area contributed by atoms with Gasteiger partial charge in [-0.1, -0.05) is 50.3 Å². The van der Waals surface area contributed by atoms with Gasteiger partial charge < -0.3 is 5.11 Å². The molecule has 0 heterocycles. The van der Waals surface area contributed by atoms with Gasteiger partial charge >= 0.3 is 0 Å². The molecule has 2 aromatic rings. The number of allylic oxidation sites excluding steroid dienone is 1. The molecule has 0 bridgehead atoms. The average molecular weight is 308 g/mol. The van der Waals surface area contributed by atoms with Gasteiger partial charge in [-0.15, -0.1) is 0 Å². The molecule has 0 saturated heterocycles. The molecule has 0 amide bonds. The third-order valence-electron chi connectivity index (χ3n) is 3.95. The van der Waals surface area contributed by atoms with E-state index in [-0.39, 0.29) is 23.0 Å². The first-order valence-corrected chi connectivity index (χ1v) is 7.66. The highest BCUT2D eigenvalue weighted by Crippen LogP contribution is 2.32. The van der Waals surface area contributed by atoms with Crippen LogP contribution >= 0.6 is 0 Å². The van der Waals surface area contributed by atoms with Crippen molar-refractivity contribution < 1.29 is 14.7 Å². The van der Waals surface area contributed by atoms with Gasteiger partial charge in [-0.25, -0.2) is 0 Å². The van der Waals surface area contributed by atoms with Crippen LogP contribution in [0.25, 0.3) is 6.08 Å². The highest BCUT2D eigenvalue weighted by atomic mass is 16.3. The maximum Gasteiger partial charge on any atom is 0.185 e. The van der Waals surface area contributed by atoms with Crippen molar-refractivity contribution >= 4 is 18.1 Å². The number of phenolic OH excluding ortho intramolecular Hbond substituents is 1. The Morgan fingerprint density at radius 3 is 2.52 bits per heavy atom. The summed E-state index contributed by atoms with van der Waals surface area (Å²) in [6.45, 7) is 4.01. The van der Waals surface area contributed by atoms with E-state index < -0.39 is 0 Å². The fourth-order valence-corrected chi connectivity index (χ4v) is 2.36. The van der Waals surface area contributed by atoms with Crippen LogP contribution in [-0.2, 0) is 0 Å². The first kappa shape index (κ1) is 16.7. The third-order valence-corrected chi connectivity index (χ3v) is 3.95. The van der Waals surface area contributed by atoms with E-state index in [0.29, 0.717) is 11.8 Å². The molecule has 0 aliphatic carbocycles. The minimum atomic E-state index is -0.101. The Bertz CT molecular complexity index is 730. The van der Waals surface area contributed by atoms with E-state index in [9.17, 15) is 14.7 Å². The smallest absolute Gasteiger partial charge is 0.185 e. The van der Waals surface area contributed by atoms with Crippen LogP contribution in [-0.4, -0.2) is 17.2 Å². The Labute approximate surface area is 136 Å². The number of carbonyl (C=O) groups excluding carboxylic acids is 2. The van der Waals surface area contributed by atoms with E-state index in [1.807, 2.05) is 38.1 Å². The van der Waals surface area contributed by atoms with Gasteiger partial charge in [0.2, 0.25) is 0 Å². The number of carbonyl (C=O) groups is 2.